The molecule has 118 valence electrons. The van der Waals surface area contributed by atoms with Gasteiger partial charge in [-0.15, -0.1) is 0 Å². The summed E-state index contributed by atoms with van der Waals surface area (Å²) in [6.07, 6.45) is 1.81. The van der Waals surface area contributed by atoms with Crippen LogP contribution in [-0.4, -0.2) is 38.9 Å². The van der Waals surface area contributed by atoms with E-state index in [9.17, 15) is 8.42 Å². The zero-order chi connectivity index (χ0) is 15.3. The van der Waals surface area contributed by atoms with Crippen LogP contribution in [0.2, 0.25) is 0 Å². The summed E-state index contributed by atoms with van der Waals surface area (Å²) in [5.74, 6) is 0.569. The molecular weight excluding hydrogens is 354 g/mol. The van der Waals surface area contributed by atoms with Crippen LogP contribution in [0.4, 0.5) is 5.69 Å². The van der Waals surface area contributed by atoms with Crippen LogP contribution in [0.25, 0.3) is 0 Å². The summed E-state index contributed by atoms with van der Waals surface area (Å²) < 4.78 is 29.7. The lowest BCUT2D eigenvalue weighted by Gasteiger charge is -2.31. The topological polar surface area (TPSA) is 61.4 Å². The van der Waals surface area contributed by atoms with Crippen molar-refractivity contribution in [2.75, 3.05) is 30.9 Å². The Bertz CT molecular complexity index is 557. The Labute approximate surface area is 135 Å². The molecule has 0 aromatic heterocycles. The lowest BCUT2D eigenvalue weighted by atomic mass is 9.98. The minimum Gasteiger partial charge on any atom is -0.317 e. The Hall–Kier alpha value is -0.630. The first-order chi connectivity index (χ1) is 10.0. The molecule has 1 aliphatic heterocycles. The summed E-state index contributed by atoms with van der Waals surface area (Å²) in [5, 5.41) is 3.33. The van der Waals surface area contributed by atoms with Crippen LogP contribution >= 0.6 is 15.9 Å². The van der Waals surface area contributed by atoms with Gasteiger partial charge < -0.3 is 5.32 Å². The molecule has 0 radical (unpaired) electrons. The highest BCUT2D eigenvalue weighted by Gasteiger charge is 2.28. The molecule has 5 nitrogen and oxygen atoms in total. The van der Waals surface area contributed by atoms with Crippen LogP contribution in [-0.2, 0) is 10.2 Å². The fourth-order valence-corrected chi connectivity index (χ4v) is 4.24. The fraction of sp³-hybridized carbons (Fsp3) is 0.571. The average molecular weight is 376 g/mol. The standard InChI is InChI=1S/C14H22BrN3O2S/c1-2-16-11-12-7-9-18(10-8-12)21(19,20)17-14-6-4-3-5-13(14)15/h3-6,12,16-17H,2,7-11H2,1H3. The largest absolute Gasteiger partial charge is 0.317 e. The van der Waals surface area contributed by atoms with Crippen LogP contribution in [0.1, 0.15) is 19.8 Å². The van der Waals surface area contributed by atoms with Crippen molar-refractivity contribution < 1.29 is 8.42 Å². The highest BCUT2D eigenvalue weighted by atomic mass is 79.9. The second-order valence-electron chi connectivity index (χ2n) is 5.24. The molecule has 2 rings (SSSR count). The first-order valence-electron chi connectivity index (χ1n) is 7.26. The zero-order valence-corrected chi connectivity index (χ0v) is 14.6. The van der Waals surface area contributed by atoms with E-state index in [0.717, 1.165) is 30.4 Å². The van der Waals surface area contributed by atoms with Gasteiger partial charge in [0.15, 0.2) is 0 Å². The van der Waals surface area contributed by atoms with Gasteiger partial charge in [-0.25, -0.2) is 0 Å². The van der Waals surface area contributed by atoms with Crippen LogP contribution < -0.4 is 10.0 Å². The SMILES string of the molecule is CCNCC1CCN(S(=O)(=O)Nc2ccccc2Br)CC1. The first-order valence-corrected chi connectivity index (χ1v) is 9.49. The van der Waals surface area contributed by atoms with E-state index < -0.39 is 10.2 Å². The molecular formula is C14H22BrN3O2S. The Morgan fingerprint density at radius 3 is 2.57 bits per heavy atom. The van der Waals surface area contributed by atoms with E-state index in [1.54, 1.807) is 6.07 Å². The second kappa shape index (κ2) is 7.58. The van der Waals surface area contributed by atoms with Gasteiger partial charge >= 0.3 is 10.2 Å². The number of piperidine rings is 1. The van der Waals surface area contributed by atoms with Gasteiger partial charge in [-0.3, -0.25) is 4.72 Å². The van der Waals surface area contributed by atoms with Crippen molar-refractivity contribution in [1.29, 1.82) is 0 Å². The van der Waals surface area contributed by atoms with Crippen molar-refractivity contribution in [3.05, 3.63) is 28.7 Å². The molecule has 0 bridgehead atoms. The third kappa shape index (κ3) is 4.67. The number of hydrogen-bond acceptors (Lipinski definition) is 3. The quantitative estimate of drug-likeness (QED) is 0.802. The summed E-state index contributed by atoms with van der Waals surface area (Å²) in [6.45, 7) is 5.18. The van der Waals surface area contributed by atoms with Gasteiger partial charge in [0.1, 0.15) is 0 Å². The van der Waals surface area contributed by atoms with Gasteiger partial charge in [-0.05, 0) is 59.9 Å². The molecule has 0 atom stereocenters. The Kier molecular flexibility index (Phi) is 6.04. The summed E-state index contributed by atoms with van der Waals surface area (Å²) in [6, 6.07) is 7.24. The van der Waals surface area contributed by atoms with Crippen molar-refractivity contribution >= 4 is 31.8 Å². The molecule has 1 heterocycles. The predicted molar refractivity (Wildman–Crippen MR) is 89.5 cm³/mol. The van der Waals surface area contributed by atoms with Crippen molar-refractivity contribution in [2.24, 2.45) is 5.92 Å². The van der Waals surface area contributed by atoms with Crippen molar-refractivity contribution in [1.82, 2.24) is 9.62 Å². The molecule has 21 heavy (non-hydrogen) atoms. The second-order valence-corrected chi connectivity index (χ2v) is 7.76. The molecule has 1 aromatic carbocycles. The van der Waals surface area contributed by atoms with E-state index in [0.29, 0.717) is 24.7 Å². The van der Waals surface area contributed by atoms with Crippen LogP contribution in [0.3, 0.4) is 0 Å². The van der Waals surface area contributed by atoms with E-state index in [2.05, 4.69) is 32.9 Å². The number of nitrogens with zero attached hydrogens (tertiary/aromatic N) is 1. The van der Waals surface area contributed by atoms with E-state index in [-0.39, 0.29) is 0 Å². The molecule has 0 aliphatic carbocycles. The zero-order valence-electron chi connectivity index (χ0n) is 12.2. The lowest BCUT2D eigenvalue weighted by molar-refractivity contribution is 0.269. The number of benzene rings is 1. The number of para-hydroxylation sites is 1. The number of nitrogens with one attached hydrogen (secondary N) is 2. The van der Waals surface area contributed by atoms with Gasteiger partial charge in [-0.2, -0.15) is 12.7 Å². The Morgan fingerprint density at radius 2 is 1.95 bits per heavy atom. The fourth-order valence-electron chi connectivity index (χ4n) is 2.45. The van der Waals surface area contributed by atoms with Gasteiger partial charge in [-0.1, -0.05) is 19.1 Å². The van der Waals surface area contributed by atoms with Crippen molar-refractivity contribution in [3.63, 3.8) is 0 Å². The Morgan fingerprint density at radius 1 is 1.29 bits per heavy atom. The summed E-state index contributed by atoms with van der Waals surface area (Å²) >= 11 is 3.36. The minimum atomic E-state index is -3.47. The maximum absolute atomic E-state index is 12.4. The molecule has 1 fully saturated rings. The summed E-state index contributed by atoms with van der Waals surface area (Å²) in [7, 11) is -3.47. The summed E-state index contributed by atoms with van der Waals surface area (Å²) in [4.78, 5) is 0. The van der Waals surface area contributed by atoms with E-state index in [4.69, 9.17) is 0 Å². The van der Waals surface area contributed by atoms with Crippen LogP contribution in [0.15, 0.2) is 28.7 Å². The van der Waals surface area contributed by atoms with Gasteiger partial charge in [0, 0.05) is 17.6 Å². The van der Waals surface area contributed by atoms with Gasteiger partial charge in [0.05, 0.1) is 5.69 Å². The van der Waals surface area contributed by atoms with E-state index >= 15 is 0 Å². The van der Waals surface area contributed by atoms with Crippen LogP contribution in [0, 0.1) is 5.92 Å². The van der Waals surface area contributed by atoms with Crippen molar-refractivity contribution in [2.45, 2.75) is 19.8 Å². The first kappa shape index (κ1) is 16.7. The lowest BCUT2D eigenvalue weighted by Crippen LogP contribution is -2.43. The van der Waals surface area contributed by atoms with Crippen molar-refractivity contribution in [3.8, 4) is 0 Å². The third-order valence-corrected chi connectivity index (χ3v) is 5.92. The minimum absolute atomic E-state index is 0.569. The normalized spacial score (nSPS) is 17.8. The molecule has 7 heteroatoms. The molecule has 0 saturated carbocycles. The molecule has 0 spiro atoms. The molecule has 1 aromatic rings. The molecule has 2 N–H and O–H groups in total. The number of hydrogen-bond donors (Lipinski definition) is 2. The van der Waals surface area contributed by atoms with Crippen LogP contribution in [0.5, 0.6) is 0 Å². The smallest absolute Gasteiger partial charge is 0.301 e. The maximum Gasteiger partial charge on any atom is 0.301 e. The van der Waals surface area contributed by atoms with Gasteiger partial charge in [0.25, 0.3) is 0 Å². The molecule has 0 amide bonds. The average Bonchev–Trinajstić information content (AvgIpc) is 2.48. The molecule has 0 unspecified atom stereocenters. The Balaban J connectivity index is 1.94. The predicted octanol–water partition coefficient (Wildman–Crippen LogP) is 2.43. The number of halogens is 1. The maximum atomic E-state index is 12.4. The number of anilines is 1. The van der Waals surface area contributed by atoms with E-state index in [1.165, 1.54) is 4.31 Å². The van der Waals surface area contributed by atoms with Gasteiger partial charge in [0.2, 0.25) is 0 Å². The van der Waals surface area contributed by atoms with E-state index in [1.807, 2.05) is 18.2 Å². The molecule has 1 aliphatic rings. The molecule has 1 saturated heterocycles. The summed E-state index contributed by atoms with van der Waals surface area (Å²) in [5.41, 5.74) is 0.576. The number of rotatable bonds is 6. The third-order valence-electron chi connectivity index (χ3n) is 3.71. The monoisotopic (exact) mass is 375 g/mol. The highest BCUT2D eigenvalue weighted by molar-refractivity contribution is 9.10. The highest BCUT2D eigenvalue weighted by Crippen LogP contribution is 2.25.